The number of hydrogen-bond acceptors (Lipinski definition) is 7. The Morgan fingerprint density at radius 1 is 0.500 bits per heavy atom. The Balaban J connectivity index is 0.00000243. The van der Waals surface area contributed by atoms with E-state index < -0.39 is 7.87 Å². The van der Waals surface area contributed by atoms with Crippen LogP contribution in [0.4, 0.5) is 0 Å². The van der Waals surface area contributed by atoms with Gasteiger partial charge >= 0.3 is 7.87 Å². The quantitative estimate of drug-likeness (QED) is 0.457. The van der Waals surface area contributed by atoms with Crippen molar-refractivity contribution in [2.24, 2.45) is 0 Å². The standard InChI is InChI=1S/C17H39N7P.ClH/c1-18(2)25(22-12-6-19(3)7-13-22,23-14-8-20(4)9-15-23)24-16-10-21(5)11-17-24;/h6-17H2,1-5H3;1H/q+1;/p-1. The normalized spacial score (nSPS) is 27.0. The van der Waals surface area contributed by atoms with Crippen molar-refractivity contribution in [2.75, 3.05) is 114 Å². The van der Waals surface area contributed by atoms with Gasteiger partial charge in [-0.2, -0.15) is 0 Å². The van der Waals surface area contributed by atoms with Gasteiger partial charge in [-0.25, -0.2) is 0 Å². The topological polar surface area (TPSA) is 22.7 Å². The first-order valence-electron chi connectivity index (χ1n) is 9.83. The van der Waals surface area contributed by atoms with E-state index >= 15 is 0 Å². The fourth-order valence-corrected chi connectivity index (χ4v) is 9.23. The van der Waals surface area contributed by atoms with E-state index in [-0.39, 0.29) is 12.4 Å². The lowest BCUT2D eigenvalue weighted by Gasteiger charge is -2.53. The summed E-state index contributed by atoms with van der Waals surface area (Å²) in [4.78, 5) is 7.44. The lowest BCUT2D eigenvalue weighted by atomic mass is 10.4. The minimum absolute atomic E-state index is 0. The van der Waals surface area contributed by atoms with Crippen LogP contribution in [0.3, 0.4) is 0 Å². The van der Waals surface area contributed by atoms with Gasteiger partial charge in [-0.1, -0.05) is 0 Å². The smallest absolute Gasteiger partial charge is 0.308 e. The second kappa shape index (κ2) is 9.77. The Bertz CT molecular complexity index is 362. The molecule has 0 aliphatic carbocycles. The molecule has 7 nitrogen and oxygen atoms in total. The van der Waals surface area contributed by atoms with E-state index in [1.807, 2.05) is 0 Å². The molecule has 26 heavy (non-hydrogen) atoms. The predicted molar refractivity (Wildman–Crippen MR) is 108 cm³/mol. The predicted octanol–water partition coefficient (Wildman–Crippen LogP) is -3.03. The van der Waals surface area contributed by atoms with E-state index in [9.17, 15) is 0 Å². The van der Waals surface area contributed by atoms with Crippen LogP contribution in [0.1, 0.15) is 0 Å². The second-order valence-electron chi connectivity index (χ2n) is 8.15. The fraction of sp³-hybridized carbons (Fsp3) is 1.00. The zero-order valence-electron chi connectivity index (χ0n) is 17.4. The van der Waals surface area contributed by atoms with Crippen molar-refractivity contribution in [2.45, 2.75) is 0 Å². The number of hydrogen-bond donors (Lipinski definition) is 0. The van der Waals surface area contributed by atoms with Crippen LogP contribution >= 0.6 is 7.87 Å². The molecule has 0 saturated carbocycles. The monoisotopic (exact) mass is 407 g/mol. The van der Waals surface area contributed by atoms with E-state index in [4.69, 9.17) is 0 Å². The Kier molecular flexibility index (Phi) is 8.54. The summed E-state index contributed by atoms with van der Waals surface area (Å²) in [6.07, 6.45) is 0. The van der Waals surface area contributed by atoms with Crippen LogP contribution in [0, 0.1) is 0 Å². The number of nitrogens with zero attached hydrogens (tertiary/aromatic N) is 7. The Morgan fingerprint density at radius 2 is 0.731 bits per heavy atom. The summed E-state index contributed by atoms with van der Waals surface area (Å²) in [6, 6.07) is 0. The van der Waals surface area contributed by atoms with Gasteiger partial charge in [0.05, 0.1) is 39.3 Å². The number of halogens is 1. The van der Waals surface area contributed by atoms with Crippen molar-refractivity contribution in [3.05, 3.63) is 0 Å². The highest BCUT2D eigenvalue weighted by atomic mass is 35.5. The molecule has 154 valence electrons. The molecule has 9 heteroatoms. The summed E-state index contributed by atoms with van der Waals surface area (Å²) >= 11 is 0. The maximum atomic E-state index is 2.86. The summed E-state index contributed by atoms with van der Waals surface area (Å²) < 4.78 is 11.2. The second-order valence-corrected chi connectivity index (χ2v) is 11.7. The molecule has 0 spiro atoms. The molecule has 0 unspecified atom stereocenters. The zero-order valence-corrected chi connectivity index (χ0v) is 19.1. The minimum Gasteiger partial charge on any atom is -1.00 e. The Labute approximate surface area is 167 Å². The third-order valence-electron chi connectivity index (χ3n) is 6.11. The van der Waals surface area contributed by atoms with Crippen LogP contribution in [0.5, 0.6) is 0 Å². The summed E-state index contributed by atoms with van der Waals surface area (Å²) in [5.41, 5.74) is 0. The third-order valence-corrected chi connectivity index (χ3v) is 10.7. The van der Waals surface area contributed by atoms with Crippen LogP contribution in [0.15, 0.2) is 0 Å². The van der Waals surface area contributed by atoms with Crippen molar-refractivity contribution in [1.29, 1.82) is 0 Å². The minimum atomic E-state index is -1.62. The molecule has 3 rings (SSSR count). The van der Waals surface area contributed by atoms with E-state index in [1.54, 1.807) is 0 Å². The van der Waals surface area contributed by atoms with Gasteiger partial charge in [-0.05, 0) is 21.1 Å². The molecule has 0 N–H and O–H groups in total. The molecule has 0 aromatic heterocycles. The first-order valence-corrected chi connectivity index (χ1v) is 11.4. The van der Waals surface area contributed by atoms with Gasteiger partial charge in [0.2, 0.25) is 0 Å². The molecule has 0 aromatic carbocycles. The number of piperazine rings is 3. The summed E-state index contributed by atoms with van der Waals surface area (Å²) in [6.45, 7) is 14.3. The van der Waals surface area contributed by atoms with Crippen LogP contribution in [0.2, 0.25) is 0 Å². The average molecular weight is 408 g/mol. The molecular formula is C17H39ClN7P. The van der Waals surface area contributed by atoms with Gasteiger partial charge < -0.3 is 27.1 Å². The molecule has 3 saturated heterocycles. The van der Waals surface area contributed by atoms with Gasteiger partial charge in [0.1, 0.15) is 0 Å². The lowest BCUT2D eigenvalue weighted by Crippen LogP contribution is -3.00. The van der Waals surface area contributed by atoms with E-state index in [0.717, 1.165) is 0 Å². The van der Waals surface area contributed by atoms with Gasteiger partial charge in [0.15, 0.2) is 0 Å². The molecule has 3 aliphatic heterocycles. The first-order chi connectivity index (χ1) is 11.9. The average Bonchev–Trinajstić information content (AvgIpc) is 2.60. The van der Waals surface area contributed by atoms with Crippen molar-refractivity contribution in [3.63, 3.8) is 0 Å². The molecular weight excluding hydrogens is 369 g/mol. The lowest BCUT2D eigenvalue weighted by molar-refractivity contribution is -0.00000590. The van der Waals surface area contributed by atoms with Gasteiger partial charge in [-0.15, -0.1) is 18.7 Å². The highest BCUT2D eigenvalue weighted by Crippen LogP contribution is 2.69. The van der Waals surface area contributed by atoms with Gasteiger partial charge in [0, 0.05) is 53.4 Å². The molecule has 3 fully saturated rings. The molecule has 0 radical (unpaired) electrons. The highest BCUT2D eigenvalue weighted by Gasteiger charge is 2.60. The van der Waals surface area contributed by atoms with E-state index in [2.05, 4.69) is 68.6 Å². The Morgan fingerprint density at radius 3 is 0.923 bits per heavy atom. The highest BCUT2D eigenvalue weighted by molar-refractivity contribution is 7.66. The van der Waals surface area contributed by atoms with Crippen LogP contribution < -0.4 is 12.4 Å². The van der Waals surface area contributed by atoms with E-state index in [0.29, 0.717) is 0 Å². The van der Waals surface area contributed by atoms with Gasteiger partial charge in [-0.3, -0.25) is 0 Å². The fourth-order valence-electron chi connectivity index (χ4n) is 4.49. The van der Waals surface area contributed by atoms with Crippen molar-refractivity contribution in [1.82, 2.24) is 33.4 Å². The summed E-state index contributed by atoms with van der Waals surface area (Å²) in [5.74, 6) is 0. The summed E-state index contributed by atoms with van der Waals surface area (Å²) in [7, 11) is 9.84. The van der Waals surface area contributed by atoms with Crippen molar-refractivity contribution < 1.29 is 12.4 Å². The number of likely N-dealkylation sites (N-methyl/N-ethyl adjacent to an activating group) is 3. The Hall–Kier alpha value is 0.440. The maximum absolute atomic E-state index is 2.86. The molecule has 0 amide bonds. The molecule has 0 atom stereocenters. The van der Waals surface area contributed by atoms with Crippen molar-refractivity contribution in [3.8, 4) is 0 Å². The molecule has 3 heterocycles. The first kappa shape index (κ1) is 22.7. The van der Waals surface area contributed by atoms with Crippen LogP contribution in [0.25, 0.3) is 0 Å². The third kappa shape index (κ3) is 4.53. The zero-order chi connectivity index (χ0) is 18.0. The van der Waals surface area contributed by atoms with E-state index in [1.165, 1.54) is 78.5 Å². The summed E-state index contributed by atoms with van der Waals surface area (Å²) in [5, 5.41) is 0. The largest absolute Gasteiger partial charge is 1.00 e. The molecule has 0 aromatic rings. The van der Waals surface area contributed by atoms with Crippen LogP contribution in [-0.4, -0.2) is 147 Å². The maximum Gasteiger partial charge on any atom is 0.308 e. The van der Waals surface area contributed by atoms with Gasteiger partial charge in [0.25, 0.3) is 0 Å². The van der Waals surface area contributed by atoms with Crippen LogP contribution in [-0.2, 0) is 0 Å². The van der Waals surface area contributed by atoms with Crippen molar-refractivity contribution >= 4 is 7.87 Å². The number of rotatable bonds is 4. The SMILES string of the molecule is CN1CCN([P+](N(C)C)(N2CCN(C)CC2)N2CCN(C)CC2)CC1.[Cl-]. The molecule has 0 bridgehead atoms. The molecule has 3 aliphatic rings.